The molecule has 0 aliphatic heterocycles. The van der Waals surface area contributed by atoms with E-state index in [9.17, 15) is 4.79 Å². The van der Waals surface area contributed by atoms with E-state index in [0.717, 1.165) is 5.56 Å². The highest BCUT2D eigenvalue weighted by molar-refractivity contribution is 6.30. The number of rotatable bonds is 4. The van der Waals surface area contributed by atoms with Crippen molar-refractivity contribution in [1.29, 1.82) is 0 Å². The topological polar surface area (TPSA) is 29.1 Å². The zero-order chi connectivity index (χ0) is 13.0. The summed E-state index contributed by atoms with van der Waals surface area (Å²) in [4.78, 5) is 11.9. The van der Waals surface area contributed by atoms with Gasteiger partial charge >= 0.3 is 0 Å². The summed E-state index contributed by atoms with van der Waals surface area (Å²) in [5.74, 6) is 0.755. The Kier molecular flexibility index (Phi) is 4.65. The molecule has 2 nitrogen and oxygen atoms in total. The predicted octanol–water partition coefficient (Wildman–Crippen LogP) is 4.10. The molecule has 1 saturated carbocycles. The molecule has 2 rings (SSSR count). The molecule has 0 bridgehead atoms. The summed E-state index contributed by atoms with van der Waals surface area (Å²) in [6.45, 7) is 2.00. The van der Waals surface area contributed by atoms with E-state index in [1.807, 2.05) is 31.2 Å². The smallest absolute Gasteiger partial charge is 0.220 e. The van der Waals surface area contributed by atoms with Crippen molar-refractivity contribution in [2.45, 2.75) is 45.1 Å². The average Bonchev–Trinajstić information content (AvgIpc) is 2.81. The lowest BCUT2D eigenvalue weighted by atomic mass is 10.0. The number of nitrogens with one attached hydrogen (secondary N) is 1. The highest BCUT2D eigenvalue weighted by Crippen LogP contribution is 2.27. The fourth-order valence-corrected chi connectivity index (χ4v) is 2.84. The summed E-state index contributed by atoms with van der Waals surface area (Å²) in [5, 5.41) is 3.77. The van der Waals surface area contributed by atoms with Gasteiger partial charge in [0.15, 0.2) is 0 Å². The number of benzene rings is 1. The van der Waals surface area contributed by atoms with Gasteiger partial charge in [0.05, 0.1) is 6.04 Å². The lowest BCUT2D eigenvalue weighted by Gasteiger charge is -2.16. The van der Waals surface area contributed by atoms with Crippen LogP contribution in [-0.2, 0) is 4.79 Å². The maximum absolute atomic E-state index is 11.9. The van der Waals surface area contributed by atoms with Crippen LogP contribution in [0, 0.1) is 5.92 Å². The number of halogens is 1. The van der Waals surface area contributed by atoms with Gasteiger partial charge in [-0.2, -0.15) is 0 Å². The Labute approximate surface area is 114 Å². The molecule has 1 atom stereocenters. The highest BCUT2D eigenvalue weighted by atomic mass is 35.5. The van der Waals surface area contributed by atoms with Crippen molar-refractivity contribution < 1.29 is 4.79 Å². The molecular formula is C15H20ClNO. The first-order chi connectivity index (χ1) is 8.65. The number of carbonyl (C=O) groups is 1. The van der Waals surface area contributed by atoms with Crippen LogP contribution in [-0.4, -0.2) is 5.91 Å². The molecule has 0 aromatic heterocycles. The summed E-state index contributed by atoms with van der Waals surface area (Å²) in [6, 6.07) is 7.68. The van der Waals surface area contributed by atoms with E-state index in [1.165, 1.54) is 25.7 Å². The quantitative estimate of drug-likeness (QED) is 0.873. The van der Waals surface area contributed by atoms with E-state index in [4.69, 9.17) is 11.6 Å². The fraction of sp³-hybridized carbons (Fsp3) is 0.533. The van der Waals surface area contributed by atoms with Crippen molar-refractivity contribution >= 4 is 17.5 Å². The molecule has 0 saturated heterocycles. The molecule has 3 heteroatoms. The Morgan fingerprint density at radius 1 is 1.44 bits per heavy atom. The van der Waals surface area contributed by atoms with Crippen molar-refractivity contribution in [3.8, 4) is 0 Å². The van der Waals surface area contributed by atoms with Crippen LogP contribution >= 0.6 is 11.6 Å². The van der Waals surface area contributed by atoms with Gasteiger partial charge in [0.25, 0.3) is 0 Å². The second kappa shape index (κ2) is 6.24. The molecule has 1 aromatic rings. The molecule has 1 amide bonds. The average molecular weight is 266 g/mol. The van der Waals surface area contributed by atoms with E-state index in [1.54, 1.807) is 0 Å². The third kappa shape index (κ3) is 3.74. The van der Waals surface area contributed by atoms with Crippen LogP contribution in [0.3, 0.4) is 0 Å². The molecule has 0 radical (unpaired) electrons. The molecule has 1 unspecified atom stereocenters. The standard InChI is InChI=1S/C15H20ClNO/c1-11(13-7-4-8-14(16)10-13)17-15(18)9-12-5-2-3-6-12/h4,7-8,10-12H,2-3,5-6,9H2,1H3,(H,17,18). The molecule has 0 heterocycles. The van der Waals surface area contributed by atoms with Crippen molar-refractivity contribution in [3.63, 3.8) is 0 Å². The van der Waals surface area contributed by atoms with E-state index in [0.29, 0.717) is 17.4 Å². The van der Waals surface area contributed by atoms with Crippen LogP contribution in [0.25, 0.3) is 0 Å². The summed E-state index contributed by atoms with van der Waals surface area (Å²) in [5.41, 5.74) is 1.06. The number of hydrogen-bond donors (Lipinski definition) is 1. The van der Waals surface area contributed by atoms with Crippen LogP contribution in [0.5, 0.6) is 0 Å². The van der Waals surface area contributed by atoms with Gasteiger partial charge in [0.1, 0.15) is 0 Å². The van der Waals surface area contributed by atoms with E-state index in [2.05, 4.69) is 5.32 Å². The normalized spacial score (nSPS) is 17.7. The van der Waals surface area contributed by atoms with E-state index < -0.39 is 0 Å². The SMILES string of the molecule is CC(NC(=O)CC1CCCC1)c1cccc(Cl)c1. The molecule has 1 aliphatic carbocycles. The van der Waals surface area contributed by atoms with Gasteiger partial charge in [-0.1, -0.05) is 36.6 Å². The van der Waals surface area contributed by atoms with Gasteiger partial charge in [-0.15, -0.1) is 0 Å². The lowest BCUT2D eigenvalue weighted by Crippen LogP contribution is -2.27. The molecule has 1 fully saturated rings. The van der Waals surface area contributed by atoms with Crippen molar-refractivity contribution in [3.05, 3.63) is 34.9 Å². The third-order valence-corrected chi connectivity index (χ3v) is 3.91. The Morgan fingerprint density at radius 3 is 2.83 bits per heavy atom. The number of amides is 1. The van der Waals surface area contributed by atoms with Gasteiger partial charge in [-0.3, -0.25) is 4.79 Å². The maximum atomic E-state index is 11.9. The lowest BCUT2D eigenvalue weighted by molar-refractivity contribution is -0.122. The summed E-state index contributed by atoms with van der Waals surface area (Å²) >= 11 is 5.95. The van der Waals surface area contributed by atoms with E-state index in [-0.39, 0.29) is 11.9 Å². The molecule has 1 aliphatic rings. The first-order valence-corrected chi connectivity index (χ1v) is 7.08. The molecule has 1 aromatic carbocycles. The van der Waals surface area contributed by atoms with Gasteiger partial charge in [-0.05, 0) is 43.4 Å². The number of hydrogen-bond acceptors (Lipinski definition) is 1. The molecule has 98 valence electrons. The third-order valence-electron chi connectivity index (χ3n) is 3.67. The Balaban J connectivity index is 1.86. The number of carbonyl (C=O) groups excluding carboxylic acids is 1. The van der Waals surface area contributed by atoms with Gasteiger partial charge in [0.2, 0.25) is 5.91 Å². The first kappa shape index (κ1) is 13.4. The predicted molar refractivity (Wildman–Crippen MR) is 74.6 cm³/mol. The monoisotopic (exact) mass is 265 g/mol. The van der Waals surface area contributed by atoms with Crippen molar-refractivity contribution in [2.24, 2.45) is 5.92 Å². The molecular weight excluding hydrogens is 246 g/mol. The highest BCUT2D eigenvalue weighted by Gasteiger charge is 2.19. The Bertz CT molecular complexity index is 413. The Hall–Kier alpha value is -1.02. The first-order valence-electron chi connectivity index (χ1n) is 6.70. The summed E-state index contributed by atoms with van der Waals surface area (Å²) in [6.07, 6.45) is 5.65. The second-order valence-electron chi connectivity index (χ2n) is 5.20. The van der Waals surface area contributed by atoms with Crippen LogP contribution in [0.15, 0.2) is 24.3 Å². The van der Waals surface area contributed by atoms with Gasteiger partial charge in [-0.25, -0.2) is 0 Å². The zero-order valence-corrected chi connectivity index (χ0v) is 11.5. The molecule has 18 heavy (non-hydrogen) atoms. The zero-order valence-electron chi connectivity index (χ0n) is 10.8. The van der Waals surface area contributed by atoms with Crippen LogP contribution in [0.4, 0.5) is 0 Å². The van der Waals surface area contributed by atoms with Crippen LogP contribution < -0.4 is 5.32 Å². The largest absolute Gasteiger partial charge is 0.350 e. The van der Waals surface area contributed by atoms with Crippen LogP contribution in [0.1, 0.15) is 50.6 Å². The minimum atomic E-state index is 0.0256. The fourth-order valence-electron chi connectivity index (χ4n) is 2.64. The molecule has 1 N–H and O–H groups in total. The minimum absolute atomic E-state index is 0.0256. The van der Waals surface area contributed by atoms with Crippen molar-refractivity contribution in [2.75, 3.05) is 0 Å². The maximum Gasteiger partial charge on any atom is 0.220 e. The van der Waals surface area contributed by atoms with Gasteiger partial charge in [0, 0.05) is 11.4 Å². The van der Waals surface area contributed by atoms with Gasteiger partial charge < -0.3 is 5.32 Å². The van der Waals surface area contributed by atoms with Crippen molar-refractivity contribution in [1.82, 2.24) is 5.32 Å². The Morgan fingerprint density at radius 2 is 2.17 bits per heavy atom. The summed E-state index contributed by atoms with van der Waals surface area (Å²) in [7, 11) is 0. The van der Waals surface area contributed by atoms with E-state index >= 15 is 0 Å². The molecule has 0 spiro atoms. The minimum Gasteiger partial charge on any atom is -0.350 e. The summed E-state index contributed by atoms with van der Waals surface area (Å²) < 4.78 is 0. The van der Waals surface area contributed by atoms with Crippen LogP contribution in [0.2, 0.25) is 5.02 Å². The second-order valence-corrected chi connectivity index (χ2v) is 5.64.